The number of hydrogen-bond acceptors (Lipinski definition) is 3. The summed E-state index contributed by atoms with van der Waals surface area (Å²) in [4.78, 5) is 0. The molecule has 1 aliphatic rings. The lowest BCUT2D eigenvalue weighted by molar-refractivity contribution is -0.0218. The third-order valence-corrected chi connectivity index (χ3v) is 6.30. The van der Waals surface area contributed by atoms with E-state index in [0.717, 1.165) is 10.9 Å². The van der Waals surface area contributed by atoms with Crippen molar-refractivity contribution in [3.8, 4) is 0 Å². The Morgan fingerprint density at radius 2 is 1.46 bits per heavy atom. The Hall–Kier alpha value is -2.72. The van der Waals surface area contributed by atoms with Gasteiger partial charge in [0.2, 0.25) is 0 Å². The van der Waals surface area contributed by atoms with Gasteiger partial charge in [0.25, 0.3) is 0 Å². The number of hydrogen-bond donors (Lipinski definition) is 2. The zero-order valence-electron chi connectivity index (χ0n) is 15.3. The van der Waals surface area contributed by atoms with Crippen LogP contribution in [0, 0.1) is 0 Å². The lowest BCUT2D eigenvalue weighted by Crippen LogP contribution is -2.24. The predicted molar refractivity (Wildman–Crippen MR) is 113 cm³/mol. The standard InChI is InChI=1S/C25H20O3/c26-13-22-20(27)12-21(28-22)24-17-7-2-1-6-16(17)18-10-8-14-4-3-5-15-9-11-19(24)25(18)23(14)15/h1-11,20-22,26-27H,12-13H2. The summed E-state index contributed by atoms with van der Waals surface area (Å²) >= 11 is 0. The minimum absolute atomic E-state index is 0.165. The molecule has 5 aromatic rings. The smallest absolute Gasteiger partial charge is 0.107 e. The highest BCUT2D eigenvalue weighted by atomic mass is 16.5. The third-order valence-electron chi connectivity index (χ3n) is 6.30. The van der Waals surface area contributed by atoms with Gasteiger partial charge in [0, 0.05) is 6.42 Å². The lowest BCUT2D eigenvalue weighted by Gasteiger charge is -2.21. The molecule has 2 N–H and O–H groups in total. The molecule has 1 heterocycles. The predicted octanol–water partition coefficient (Wildman–Crippen LogP) is 4.92. The molecule has 0 aliphatic carbocycles. The number of fused-ring (bicyclic) bond motifs is 2. The van der Waals surface area contributed by atoms with E-state index in [2.05, 4.69) is 66.7 Å². The first-order valence-electron chi connectivity index (χ1n) is 9.79. The largest absolute Gasteiger partial charge is 0.394 e. The van der Waals surface area contributed by atoms with Crippen molar-refractivity contribution in [1.82, 2.24) is 0 Å². The molecule has 3 heteroatoms. The highest BCUT2D eigenvalue weighted by Gasteiger charge is 2.36. The van der Waals surface area contributed by atoms with Gasteiger partial charge in [0.05, 0.1) is 18.8 Å². The number of aliphatic hydroxyl groups excluding tert-OH is 2. The van der Waals surface area contributed by atoms with Crippen molar-refractivity contribution in [2.75, 3.05) is 6.61 Å². The molecule has 28 heavy (non-hydrogen) atoms. The van der Waals surface area contributed by atoms with E-state index in [-0.39, 0.29) is 12.7 Å². The van der Waals surface area contributed by atoms with Gasteiger partial charge in [0.1, 0.15) is 6.10 Å². The minimum Gasteiger partial charge on any atom is -0.394 e. The first kappa shape index (κ1) is 16.3. The zero-order valence-corrected chi connectivity index (χ0v) is 15.3. The topological polar surface area (TPSA) is 49.7 Å². The van der Waals surface area contributed by atoms with Crippen LogP contribution in [0.4, 0.5) is 0 Å². The molecule has 3 atom stereocenters. The van der Waals surface area contributed by atoms with Gasteiger partial charge < -0.3 is 14.9 Å². The molecular weight excluding hydrogens is 348 g/mol. The second kappa shape index (κ2) is 5.89. The van der Waals surface area contributed by atoms with Gasteiger partial charge in [-0.15, -0.1) is 0 Å². The maximum atomic E-state index is 10.4. The van der Waals surface area contributed by atoms with Crippen LogP contribution in [0.3, 0.4) is 0 Å². The third kappa shape index (κ3) is 2.09. The number of rotatable bonds is 2. The highest BCUT2D eigenvalue weighted by molar-refractivity contribution is 6.30. The fourth-order valence-electron chi connectivity index (χ4n) is 5.06. The van der Waals surface area contributed by atoms with Crippen LogP contribution in [0.1, 0.15) is 18.1 Å². The van der Waals surface area contributed by atoms with Crippen LogP contribution >= 0.6 is 0 Å². The maximum Gasteiger partial charge on any atom is 0.107 e. The summed E-state index contributed by atoms with van der Waals surface area (Å²) in [7, 11) is 0. The summed E-state index contributed by atoms with van der Waals surface area (Å²) in [5, 5.41) is 29.7. The van der Waals surface area contributed by atoms with Gasteiger partial charge in [-0.3, -0.25) is 0 Å². The van der Waals surface area contributed by atoms with Crippen LogP contribution in [0.15, 0.2) is 66.7 Å². The van der Waals surface area contributed by atoms with E-state index in [1.165, 1.54) is 37.7 Å². The molecule has 0 spiro atoms. The summed E-state index contributed by atoms with van der Waals surface area (Å²) in [5.74, 6) is 0. The fourth-order valence-corrected chi connectivity index (χ4v) is 5.06. The van der Waals surface area contributed by atoms with Crippen molar-refractivity contribution in [2.45, 2.75) is 24.7 Å². The Bertz CT molecular complexity index is 1320. The summed E-state index contributed by atoms with van der Waals surface area (Å²) in [6.45, 7) is -0.165. The number of benzene rings is 5. The quantitative estimate of drug-likeness (QED) is 0.343. The van der Waals surface area contributed by atoms with Gasteiger partial charge >= 0.3 is 0 Å². The van der Waals surface area contributed by atoms with Gasteiger partial charge in [-0.05, 0) is 48.7 Å². The van der Waals surface area contributed by atoms with E-state index in [0.29, 0.717) is 6.42 Å². The normalized spacial score (nSPS) is 22.9. The van der Waals surface area contributed by atoms with E-state index < -0.39 is 12.2 Å². The molecule has 3 unspecified atom stereocenters. The molecule has 0 saturated carbocycles. The Morgan fingerprint density at radius 3 is 2.18 bits per heavy atom. The average Bonchev–Trinajstić information content (AvgIpc) is 3.11. The average molecular weight is 368 g/mol. The van der Waals surface area contributed by atoms with Crippen LogP contribution in [0.5, 0.6) is 0 Å². The van der Waals surface area contributed by atoms with Crippen LogP contribution in [-0.2, 0) is 4.74 Å². The molecule has 6 rings (SSSR count). The molecule has 1 fully saturated rings. The first-order valence-corrected chi connectivity index (χ1v) is 9.79. The summed E-state index contributed by atoms with van der Waals surface area (Å²) in [6, 6.07) is 23.6. The second-order valence-corrected chi connectivity index (χ2v) is 7.79. The monoisotopic (exact) mass is 368 g/mol. The van der Waals surface area contributed by atoms with E-state index in [1.54, 1.807) is 0 Å². The van der Waals surface area contributed by atoms with Crippen molar-refractivity contribution in [2.24, 2.45) is 0 Å². The van der Waals surface area contributed by atoms with Gasteiger partial charge in [-0.1, -0.05) is 66.7 Å². The first-order chi connectivity index (χ1) is 13.8. The zero-order chi connectivity index (χ0) is 18.8. The molecule has 0 aromatic heterocycles. The molecule has 0 bridgehead atoms. The molecule has 0 amide bonds. The van der Waals surface area contributed by atoms with Crippen molar-refractivity contribution >= 4 is 43.1 Å². The van der Waals surface area contributed by atoms with Gasteiger partial charge in [0.15, 0.2) is 0 Å². The lowest BCUT2D eigenvalue weighted by atomic mass is 9.85. The number of ether oxygens (including phenoxy) is 1. The molecular formula is C25H20O3. The summed E-state index contributed by atoms with van der Waals surface area (Å²) in [6.07, 6.45) is -0.907. The van der Waals surface area contributed by atoms with E-state index in [9.17, 15) is 10.2 Å². The summed E-state index contributed by atoms with van der Waals surface area (Å²) in [5.41, 5.74) is 1.12. The van der Waals surface area contributed by atoms with Crippen molar-refractivity contribution in [3.05, 3.63) is 72.3 Å². The van der Waals surface area contributed by atoms with Crippen LogP contribution in [0.25, 0.3) is 43.1 Å². The Kier molecular flexibility index (Phi) is 3.42. The van der Waals surface area contributed by atoms with Crippen molar-refractivity contribution in [1.29, 1.82) is 0 Å². The van der Waals surface area contributed by atoms with Crippen molar-refractivity contribution in [3.63, 3.8) is 0 Å². The minimum atomic E-state index is -0.646. The SMILES string of the molecule is OCC1OC(c2c3ccccc3c3ccc4cccc5ccc2c3c54)CC1O. The Balaban J connectivity index is 1.79. The molecule has 0 radical (unpaired) electrons. The molecule has 1 saturated heterocycles. The van der Waals surface area contributed by atoms with E-state index in [4.69, 9.17) is 4.74 Å². The maximum absolute atomic E-state index is 10.4. The molecule has 138 valence electrons. The molecule has 1 aliphatic heterocycles. The van der Waals surface area contributed by atoms with Gasteiger partial charge in [-0.2, -0.15) is 0 Å². The van der Waals surface area contributed by atoms with E-state index >= 15 is 0 Å². The fraction of sp³-hybridized carbons (Fsp3) is 0.200. The van der Waals surface area contributed by atoms with Gasteiger partial charge in [-0.25, -0.2) is 0 Å². The molecule has 3 nitrogen and oxygen atoms in total. The van der Waals surface area contributed by atoms with Crippen LogP contribution in [-0.4, -0.2) is 29.0 Å². The Morgan fingerprint density at radius 1 is 0.750 bits per heavy atom. The molecule has 5 aromatic carbocycles. The number of aliphatic hydroxyl groups is 2. The highest BCUT2D eigenvalue weighted by Crippen LogP contribution is 2.46. The summed E-state index contributed by atoms with van der Waals surface area (Å²) < 4.78 is 6.11. The Labute approximate surface area is 162 Å². The van der Waals surface area contributed by atoms with E-state index in [1.807, 2.05) is 0 Å². The van der Waals surface area contributed by atoms with Crippen LogP contribution in [0.2, 0.25) is 0 Å². The second-order valence-electron chi connectivity index (χ2n) is 7.79. The van der Waals surface area contributed by atoms with Crippen LogP contribution < -0.4 is 0 Å². The van der Waals surface area contributed by atoms with Crippen molar-refractivity contribution < 1.29 is 14.9 Å².